The summed E-state index contributed by atoms with van der Waals surface area (Å²) in [6, 6.07) is 5.49. The van der Waals surface area contributed by atoms with E-state index in [9.17, 15) is 4.79 Å². The van der Waals surface area contributed by atoms with Gasteiger partial charge in [0.1, 0.15) is 18.0 Å². The van der Waals surface area contributed by atoms with Crippen molar-refractivity contribution in [2.24, 2.45) is 13.0 Å². The Kier molecular flexibility index (Phi) is 4.01. The zero-order valence-electron chi connectivity index (χ0n) is 14.0. The number of hydrogen-bond acceptors (Lipinski definition) is 6. The van der Waals surface area contributed by atoms with Crippen LogP contribution >= 0.6 is 0 Å². The summed E-state index contributed by atoms with van der Waals surface area (Å²) in [7, 11) is 1.87. The Morgan fingerprint density at radius 3 is 2.80 bits per heavy atom. The first-order chi connectivity index (χ1) is 12.2. The molecule has 0 spiro atoms. The van der Waals surface area contributed by atoms with Gasteiger partial charge in [-0.3, -0.25) is 9.48 Å². The van der Waals surface area contributed by atoms with Gasteiger partial charge in [0, 0.05) is 32.3 Å². The smallest absolute Gasteiger partial charge is 0.228 e. The number of nitrogens with zero attached hydrogens (tertiary/aromatic N) is 6. The summed E-state index contributed by atoms with van der Waals surface area (Å²) >= 11 is 0. The van der Waals surface area contributed by atoms with E-state index < -0.39 is 0 Å². The van der Waals surface area contributed by atoms with E-state index in [-0.39, 0.29) is 11.8 Å². The van der Waals surface area contributed by atoms with Crippen LogP contribution in [0.3, 0.4) is 0 Å². The molecular weight excluding hydrogens is 318 g/mol. The summed E-state index contributed by atoms with van der Waals surface area (Å²) in [5, 5.41) is 8.10. The average Bonchev–Trinajstić information content (AvgIpc) is 3.04. The molecule has 1 N–H and O–H groups in total. The largest absolute Gasteiger partial charge is 0.356 e. The monoisotopic (exact) mass is 337 g/mol. The molecule has 0 aromatic carbocycles. The second kappa shape index (κ2) is 6.46. The summed E-state index contributed by atoms with van der Waals surface area (Å²) in [5.41, 5.74) is 0.819. The van der Waals surface area contributed by atoms with Crippen molar-refractivity contribution in [3.8, 4) is 0 Å². The highest BCUT2D eigenvalue weighted by Gasteiger charge is 2.27. The molecule has 4 heterocycles. The highest BCUT2D eigenvalue weighted by atomic mass is 16.1. The predicted octanol–water partition coefficient (Wildman–Crippen LogP) is 1.61. The van der Waals surface area contributed by atoms with Gasteiger partial charge in [-0.15, -0.1) is 0 Å². The fraction of sp³-hybridized carbons (Fsp3) is 0.353. The standard InChI is InChI=1S/C17H19N7O/c1-23-15-13(10-21-23)16(20-11-19-15)24-8-5-12(6-9-24)17(25)22-14-4-2-3-7-18-14/h2-4,7,10-12H,5-6,8-9H2,1H3,(H,18,22,25). The minimum absolute atomic E-state index is 0.00974. The van der Waals surface area contributed by atoms with Gasteiger partial charge in [0.15, 0.2) is 5.65 Å². The lowest BCUT2D eigenvalue weighted by atomic mass is 9.96. The molecule has 0 radical (unpaired) electrons. The number of carbonyl (C=O) groups is 1. The molecule has 0 saturated carbocycles. The van der Waals surface area contributed by atoms with Crippen LogP contribution in [0.15, 0.2) is 36.9 Å². The van der Waals surface area contributed by atoms with Gasteiger partial charge in [0.25, 0.3) is 0 Å². The molecule has 1 saturated heterocycles. The Labute approximate surface area is 144 Å². The van der Waals surface area contributed by atoms with Crippen molar-refractivity contribution in [2.45, 2.75) is 12.8 Å². The van der Waals surface area contributed by atoms with Crippen LogP contribution in [0.4, 0.5) is 11.6 Å². The topological polar surface area (TPSA) is 88.8 Å². The third-order valence-corrected chi connectivity index (χ3v) is 4.59. The summed E-state index contributed by atoms with van der Waals surface area (Å²) in [6.45, 7) is 1.56. The third-order valence-electron chi connectivity index (χ3n) is 4.59. The van der Waals surface area contributed by atoms with Gasteiger partial charge in [0.05, 0.1) is 11.6 Å². The number of hydrogen-bond donors (Lipinski definition) is 1. The molecule has 128 valence electrons. The number of amides is 1. The summed E-state index contributed by atoms with van der Waals surface area (Å²) in [4.78, 5) is 27.5. The second-order valence-corrected chi connectivity index (χ2v) is 6.17. The maximum atomic E-state index is 12.4. The van der Waals surface area contributed by atoms with E-state index >= 15 is 0 Å². The number of fused-ring (bicyclic) bond motifs is 1. The van der Waals surface area contributed by atoms with Crippen molar-refractivity contribution < 1.29 is 4.79 Å². The zero-order chi connectivity index (χ0) is 17.2. The first kappa shape index (κ1) is 15.5. The lowest BCUT2D eigenvalue weighted by Gasteiger charge is -2.32. The molecule has 3 aromatic heterocycles. The number of pyridine rings is 1. The van der Waals surface area contributed by atoms with Gasteiger partial charge in [-0.1, -0.05) is 6.07 Å². The Hall–Kier alpha value is -3.03. The highest BCUT2D eigenvalue weighted by molar-refractivity contribution is 5.92. The van der Waals surface area contributed by atoms with E-state index in [1.165, 1.54) is 0 Å². The Bertz CT molecular complexity index is 884. The Morgan fingerprint density at radius 2 is 2.04 bits per heavy atom. The van der Waals surface area contributed by atoms with Crippen LogP contribution in [0.25, 0.3) is 11.0 Å². The number of anilines is 2. The van der Waals surface area contributed by atoms with Crippen LogP contribution in [0.1, 0.15) is 12.8 Å². The molecule has 1 aliphatic rings. The van der Waals surface area contributed by atoms with Gasteiger partial charge < -0.3 is 10.2 Å². The number of carbonyl (C=O) groups excluding carboxylic acids is 1. The number of aryl methyl sites for hydroxylation is 1. The fourth-order valence-corrected chi connectivity index (χ4v) is 3.22. The lowest BCUT2D eigenvalue weighted by molar-refractivity contribution is -0.120. The van der Waals surface area contributed by atoms with Gasteiger partial charge >= 0.3 is 0 Å². The quantitative estimate of drug-likeness (QED) is 0.781. The van der Waals surface area contributed by atoms with Crippen LogP contribution in [-0.4, -0.2) is 43.7 Å². The third kappa shape index (κ3) is 3.02. The van der Waals surface area contributed by atoms with E-state index in [4.69, 9.17) is 0 Å². The molecule has 3 aromatic rings. The summed E-state index contributed by atoms with van der Waals surface area (Å²) in [5.74, 6) is 1.52. The maximum Gasteiger partial charge on any atom is 0.228 e. The van der Waals surface area contributed by atoms with Crippen molar-refractivity contribution in [1.29, 1.82) is 0 Å². The molecule has 1 fully saturated rings. The van der Waals surface area contributed by atoms with Crippen molar-refractivity contribution in [3.05, 3.63) is 36.9 Å². The number of nitrogens with one attached hydrogen (secondary N) is 1. The van der Waals surface area contributed by atoms with Gasteiger partial charge in [-0.05, 0) is 25.0 Å². The van der Waals surface area contributed by atoms with Gasteiger partial charge in [-0.25, -0.2) is 15.0 Å². The average molecular weight is 337 g/mol. The maximum absolute atomic E-state index is 12.4. The molecule has 8 heteroatoms. The first-order valence-electron chi connectivity index (χ1n) is 8.32. The minimum Gasteiger partial charge on any atom is -0.356 e. The number of piperidine rings is 1. The van der Waals surface area contributed by atoms with Crippen molar-refractivity contribution in [2.75, 3.05) is 23.3 Å². The van der Waals surface area contributed by atoms with Crippen LogP contribution < -0.4 is 10.2 Å². The second-order valence-electron chi connectivity index (χ2n) is 6.17. The molecule has 8 nitrogen and oxygen atoms in total. The molecule has 1 aliphatic heterocycles. The summed E-state index contributed by atoms with van der Waals surface area (Å²) < 4.78 is 1.74. The van der Waals surface area contributed by atoms with Crippen LogP contribution in [0.5, 0.6) is 0 Å². The van der Waals surface area contributed by atoms with Gasteiger partial charge in [0.2, 0.25) is 5.91 Å². The highest BCUT2D eigenvalue weighted by Crippen LogP contribution is 2.27. The Balaban J connectivity index is 1.43. The van der Waals surface area contributed by atoms with E-state index in [2.05, 4.69) is 30.3 Å². The predicted molar refractivity (Wildman–Crippen MR) is 94.1 cm³/mol. The lowest BCUT2D eigenvalue weighted by Crippen LogP contribution is -2.38. The molecule has 1 amide bonds. The molecule has 4 rings (SSSR count). The van der Waals surface area contributed by atoms with Crippen LogP contribution in [-0.2, 0) is 11.8 Å². The Morgan fingerprint density at radius 1 is 1.20 bits per heavy atom. The number of aromatic nitrogens is 5. The van der Waals surface area contributed by atoms with Crippen molar-refractivity contribution in [1.82, 2.24) is 24.7 Å². The van der Waals surface area contributed by atoms with E-state index in [1.54, 1.807) is 29.5 Å². The van der Waals surface area contributed by atoms with Crippen molar-refractivity contribution >= 4 is 28.6 Å². The SMILES string of the molecule is Cn1ncc2c(N3CCC(C(=O)Nc4ccccn4)CC3)ncnc21. The fourth-order valence-electron chi connectivity index (χ4n) is 3.22. The molecule has 0 aliphatic carbocycles. The normalized spacial score (nSPS) is 15.5. The van der Waals surface area contributed by atoms with Crippen LogP contribution in [0.2, 0.25) is 0 Å². The molecule has 0 bridgehead atoms. The van der Waals surface area contributed by atoms with E-state index in [1.807, 2.05) is 19.2 Å². The molecule has 0 atom stereocenters. The minimum atomic E-state index is -0.00974. The summed E-state index contributed by atoms with van der Waals surface area (Å²) in [6.07, 6.45) is 6.60. The molecule has 0 unspecified atom stereocenters. The molecular formula is C17H19N7O. The van der Waals surface area contributed by atoms with E-state index in [0.717, 1.165) is 42.8 Å². The van der Waals surface area contributed by atoms with Gasteiger partial charge in [-0.2, -0.15) is 5.10 Å². The zero-order valence-corrected chi connectivity index (χ0v) is 14.0. The molecule has 25 heavy (non-hydrogen) atoms. The number of rotatable bonds is 3. The van der Waals surface area contributed by atoms with E-state index in [0.29, 0.717) is 5.82 Å². The van der Waals surface area contributed by atoms with Crippen LogP contribution in [0, 0.1) is 5.92 Å². The van der Waals surface area contributed by atoms with Crippen molar-refractivity contribution in [3.63, 3.8) is 0 Å². The first-order valence-corrected chi connectivity index (χ1v) is 8.32.